The Balaban J connectivity index is 1.77. The number of nitrogens with one attached hydrogen (secondary N) is 3. The van der Waals surface area contributed by atoms with Crippen molar-refractivity contribution in [1.82, 2.24) is 10.0 Å². The van der Waals surface area contributed by atoms with Crippen molar-refractivity contribution in [3.8, 4) is 0 Å². The van der Waals surface area contributed by atoms with Crippen molar-refractivity contribution in [2.45, 2.75) is 69.9 Å². The van der Waals surface area contributed by atoms with Gasteiger partial charge in [-0.25, -0.2) is 8.42 Å². The Hall–Kier alpha value is -3.20. The van der Waals surface area contributed by atoms with Crippen molar-refractivity contribution in [3.63, 3.8) is 0 Å². The number of carbonyl (C=O) groups excluding carboxylic acids is 2. The average Bonchev–Trinajstić information content (AvgIpc) is 3.06. The third kappa shape index (κ3) is 6.02. The maximum Gasteiger partial charge on any atom is 0.263 e. The molecule has 0 bridgehead atoms. The number of hydrogen-bond acceptors (Lipinski definition) is 5. The van der Waals surface area contributed by atoms with Gasteiger partial charge in [-0.05, 0) is 63.1 Å². The molecule has 8 nitrogen and oxygen atoms in total. The van der Waals surface area contributed by atoms with Crippen LogP contribution in [-0.4, -0.2) is 37.6 Å². The highest BCUT2D eigenvalue weighted by atomic mass is 32.2. The number of nitrogens with zero attached hydrogens (tertiary/aromatic N) is 1. The van der Waals surface area contributed by atoms with Crippen LogP contribution in [0.1, 0.15) is 69.3 Å². The van der Waals surface area contributed by atoms with Crippen LogP contribution in [0, 0.1) is 0 Å². The van der Waals surface area contributed by atoms with Crippen LogP contribution in [0.2, 0.25) is 0 Å². The van der Waals surface area contributed by atoms with Crippen LogP contribution in [0.3, 0.4) is 0 Å². The second-order valence-electron chi connectivity index (χ2n) is 9.00. The third-order valence-electron chi connectivity index (χ3n) is 5.83. The molecular weight excluding hydrogens is 452 g/mol. The van der Waals surface area contributed by atoms with Crippen LogP contribution in [-0.2, 0) is 14.8 Å². The van der Waals surface area contributed by atoms with Gasteiger partial charge in [-0.2, -0.15) is 0 Å². The molecule has 34 heavy (non-hydrogen) atoms. The molecule has 0 fully saturated rings. The van der Waals surface area contributed by atoms with Gasteiger partial charge in [0.2, 0.25) is 5.91 Å². The van der Waals surface area contributed by atoms with Gasteiger partial charge < -0.3 is 10.6 Å². The van der Waals surface area contributed by atoms with Gasteiger partial charge in [0.05, 0.1) is 4.90 Å². The SMILES string of the molecule is CCCCC(N=C1NS(=O)(=O)c2ccccc21)C(=O)Nc1ccc(C(=O)NC(C)(C)CC)cc1. The van der Waals surface area contributed by atoms with E-state index < -0.39 is 16.1 Å². The van der Waals surface area contributed by atoms with Crippen LogP contribution in [0.5, 0.6) is 0 Å². The summed E-state index contributed by atoms with van der Waals surface area (Å²) < 4.78 is 27.2. The first-order valence-electron chi connectivity index (χ1n) is 11.5. The lowest BCUT2D eigenvalue weighted by molar-refractivity contribution is -0.117. The van der Waals surface area contributed by atoms with Crippen LogP contribution < -0.4 is 15.4 Å². The summed E-state index contributed by atoms with van der Waals surface area (Å²) in [5.74, 6) is -0.338. The lowest BCUT2D eigenvalue weighted by Gasteiger charge is -2.24. The van der Waals surface area contributed by atoms with E-state index in [4.69, 9.17) is 0 Å². The van der Waals surface area contributed by atoms with Crippen LogP contribution in [0.4, 0.5) is 5.69 Å². The van der Waals surface area contributed by atoms with E-state index in [1.807, 2.05) is 27.7 Å². The van der Waals surface area contributed by atoms with E-state index in [2.05, 4.69) is 20.3 Å². The smallest absolute Gasteiger partial charge is 0.263 e. The van der Waals surface area contributed by atoms with Gasteiger partial charge in [0.15, 0.2) is 0 Å². The summed E-state index contributed by atoms with van der Waals surface area (Å²) >= 11 is 0. The van der Waals surface area contributed by atoms with Gasteiger partial charge in [-0.3, -0.25) is 19.3 Å². The lowest BCUT2D eigenvalue weighted by atomic mass is 10.0. The predicted octanol–water partition coefficient (Wildman–Crippen LogP) is 3.84. The maximum absolute atomic E-state index is 13.1. The fourth-order valence-corrected chi connectivity index (χ4v) is 4.67. The molecule has 0 spiro atoms. The molecule has 0 aromatic heterocycles. The van der Waals surface area contributed by atoms with E-state index >= 15 is 0 Å². The molecule has 9 heteroatoms. The molecule has 3 N–H and O–H groups in total. The number of aliphatic imine (C=N–C) groups is 1. The van der Waals surface area contributed by atoms with E-state index in [-0.39, 0.29) is 28.1 Å². The number of benzene rings is 2. The monoisotopic (exact) mass is 484 g/mol. The van der Waals surface area contributed by atoms with E-state index in [0.717, 1.165) is 19.3 Å². The predicted molar refractivity (Wildman–Crippen MR) is 134 cm³/mol. The van der Waals surface area contributed by atoms with Gasteiger partial charge in [0, 0.05) is 22.4 Å². The van der Waals surface area contributed by atoms with Crippen molar-refractivity contribution >= 4 is 33.4 Å². The molecule has 0 aliphatic carbocycles. The number of anilines is 1. The first kappa shape index (κ1) is 25.4. The first-order valence-corrected chi connectivity index (χ1v) is 13.0. The quantitative estimate of drug-likeness (QED) is 0.501. The number of hydrogen-bond donors (Lipinski definition) is 3. The molecule has 1 aliphatic heterocycles. The largest absolute Gasteiger partial charge is 0.347 e. The Morgan fingerprint density at radius 3 is 2.38 bits per heavy atom. The first-order chi connectivity index (χ1) is 16.1. The Labute approximate surface area is 201 Å². The third-order valence-corrected chi connectivity index (χ3v) is 7.23. The van der Waals surface area contributed by atoms with E-state index in [1.54, 1.807) is 42.5 Å². The molecule has 2 amide bonds. The summed E-state index contributed by atoms with van der Waals surface area (Å²) in [4.78, 5) is 30.2. The number of fused-ring (bicyclic) bond motifs is 1. The summed E-state index contributed by atoms with van der Waals surface area (Å²) in [5, 5.41) is 5.82. The molecule has 1 unspecified atom stereocenters. The Morgan fingerprint density at radius 2 is 1.74 bits per heavy atom. The number of sulfonamides is 1. The molecular formula is C25H32N4O4S. The van der Waals surface area contributed by atoms with Crippen molar-refractivity contribution in [2.24, 2.45) is 4.99 Å². The minimum atomic E-state index is -3.68. The summed E-state index contributed by atoms with van der Waals surface area (Å²) in [7, 11) is -3.68. The number of amidine groups is 1. The Morgan fingerprint density at radius 1 is 1.06 bits per heavy atom. The normalized spacial score (nSPS) is 16.4. The molecule has 0 radical (unpaired) electrons. The molecule has 2 aromatic rings. The van der Waals surface area contributed by atoms with Gasteiger partial charge in [0.1, 0.15) is 11.9 Å². The van der Waals surface area contributed by atoms with Crippen molar-refractivity contribution in [3.05, 3.63) is 59.7 Å². The second kappa shape index (κ2) is 10.4. The van der Waals surface area contributed by atoms with Crippen molar-refractivity contribution in [1.29, 1.82) is 0 Å². The molecule has 2 aromatic carbocycles. The van der Waals surface area contributed by atoms with Gasteiger partial charge in [0.25, 0.3) is 15.9 Å². The summed E-state index contributed by atoms with van der Waals surface area (Å²) in [6.45, 7) is 7.94. The minimum Gasteiger partial charge on any atom is -0.347 e. The van der Waals surface area contributed by atoms with Crippen LogP contribution in [0.15, 0.2) is 58.4 Å². The molecule has 1 atom stereocenters. The van der Waals surface area contributed by atoms with Crippen molar-refractivity contribution in [2.75, 3.05) is 5.32 Å². The second-order valence-corrected chi connectivity index (χ2v) is 10.6. The highest BCUT2D eigenvalue weighted by Crippen LogP contribution is 2.23. The number of amides is 2. The zero-order chi connectivity index (χ0) is 24.9. The molecule has 3 rings (SSSR count). The molecule has 0 saturated heterocycles. The molecule has 0 saturated carbocycles. The molecule has 182 valence electrons. The van der Waals surface area contributed by atoms with Gasteiger partial charge in [-0.1, -0.05) is 38.8 Å². The number of carbonyl (C=O) groups is 2. The van der Waals surface area contributed by atoms with Crippen molar-refractivity contribution < 1.29 is 18.0 Å². The number of unbranched alkanes of at least 4 members (excludes halogenated alkanes) is 1. The standard InChI is InChI=1S/C25H32N4O4S/c1-5-7-11-20(27-22-19-10-8-9-12-21(19)34(32,33)29-22)24(31)26-18-15-13-17(14-16-18)23(30)28-25(3,4)6-2/h8-10,12-16,20H,5-7,11H2,1-4H3,(H,26,31)(H,27,29)(H,28,30). The van der Waals surface area contributed by atoms with E-state index in [1.165, 1.54) is 6.07 Å². The Bertz CT molecular complexity index is 1190. The molecule has 1 aliphatic rings. The fourth-order valence-electron chi connectivity index (χ4n) is 3.44. The van der Waals surface area contributed by atoms with Gasteiger partial charge >= 0.3 is 0 Å². The highest BCUT2D eigenvalue weighted by molar-refractivity contribution is 7.90. The summed E-state index contributed by atoms with van der Waals surface area (Å²) in [5.41, 5.74) is 1.18. The zero-order valence-electron chi connectivity index (χ0n) is 20.0. The average molecular weight is 485 g/mol. The van der Waals surface area contributed by atoms with Crippen LogP contribution in [0.25, 0.3) is 0 Å². The number of rotatable bonds is 9. The van der Waals surface area contributed by atoms with Gasteiger partial charge in [-0.15, -0.1) is 0 Å². The zero-order valence-corrected chi connectivity index (χ0v) is 20.8. The fraction of sp³-hybridized carbons (Fsp3) is 0.400. The lowest BCUT2D eigenvalue weighted by Crippen LogP contribution is -2.42. The minimum absolute atomic E-state index is 0.156. The van der Waals surface area contributed by atoms with Crippen LogP contribution >= 0.6 is 0 Å². The maximum atomic E-state index is 13.1. The molecule has 1 heterocycles. The van der Waals surface area contributed by atoms with E-state index in [9.17, 15) is 18.0 Å². The Kier molecular flexibility index (Phi) is 7.76. The topological polar surface area (TPSA) is 117 Å². The highest BCUT2D eigenvalue weighted by Gasteiger charge is 2.31. The summed E-state index contributed by atoms with van der Waals surface area (Å²) in [6.07, 6.45) is 2.90. The van der Waals surface area contributed by atoms with E-state index in [0.29, 0.717) is 23.2 Å². The summed E-state index contributed by atoms with van der Waals surface area (Å²) in [6, 6.07) is 12.5.